The molecule has 1 N–H and O–H groups in total. The second-order valence-electron chi connectivity index (χ2n) is 6.09. The Morgan fingerprint density at radius 2 is 2.12 bits per heavy atom. The predicted octanol–water partition coefficient (Wildman–Crippen LogP) is 4.06. The lowest BCUT2D eigenvalue weighted by Gasteiger charge is -2.35. The van der Waals surface area contributed by atoms with Crippen LogP contribution in [0.5, 0.6) is 5.75 Å². The van der Waals surface area contributed by atoms with Gasteiger partial charge in [-0.3, -0.25) is 0 Å². The van der Waals surface area contributed by atoms with Crippen molar-refractivity contribution in [2.45, 2.75) is 24.7 Å². The van der Waals surface area contributed by atoms with Crippen LogP contribution < -0.4 is 4.74 Å². The highest BCUT2D eigenvalue weighted by Crippen LogP contribution is 2.40. The maximum absolute atomic E-state index is 10.5. The number of aliphatic hydroxyl groups excluding tert-OH is 1. The standard InChI is InChI=1S/C20H21N3O3/c1-25-18-9-5-8-15-13-26-20(17(24)12-22-23-21)16(19(15)18)11-10-14-6-3-2-4-7-14/h2-11,16-17,20,24H,12-13H2,1H3/b11-10+/t16-,17+,20-/m0/s1. The van der Waals surface area contributed by atoms with Crippen LogP contribution in [-0.4, -0.2) is 31.0 Å². The Bertz CT molecular complexity index is 802. The molecule has 3 atom stereocenters. The number of nitrogens with zero attached hydrogens (tertiary/aromatic N) is 3. The highest BCUT2D eigenvalue weighted by atomic mass is 16.5. The summed E-state index contributed by atoms with van der Waals surface area (Å²) >= 11 is 0. The van der Waals surface area contributed by atoms with Crippen LogP contribution in [0.3, 0.4) is 0 Å². The number of aliphatic hydroxyl groups is 1. The zero-order chi connectivity index (χ0) is 18.4. The highest BCUT2D eigenvalue weighted by molar-refractivity contribution is 5.54. The molecule has 1 heterocycles. The summed E-state index contributed by atoms with van der Waals surface area (Å²) in [7, 11) is 1.63. The smallest absolute Gasteiger partial charge is 0.123 e. The van der Waals surface area contributed by atoms with Crippen LogP contribution in [0.15, 0.2) is 59.7 Å². The van der Waals surface area contributed by atoms with Gasteiger partial charge < -0.3 is 14.6 Å². The molecule has 0 fully saturated rings. The maximum Gasteiger partial charge on any atom is 0.123 e. The summed E-state index contributed by atoms with van der Waals surface area (Å²) in [6.07, 6.45) is 2.58. The van der Waals surface area contributed by atoms with E-state index < -0.39 is 12.2 Å². The molecule has 1 aliphatic rings. The van der Waals surface area contributed by atoms with Crippen molar-refractivity contribution in [3.05, 3.63) is 81.7 Å². The molecule has 3 rings (SSSR count). The lowest BCUT2D eigenvalue weighted by Crippen LogP contribution is -2.39. The molecule has 0 saturated carbocycles. The summed E-state index contributed by atoms with van der Waals surface area (Å²) < 4.78 is 11.5. The number of hydrogen-bond donors (Lipinski definition) is 1. The molecule has 26 heavy (non-hydrogen) atoms. The van der Waals surface area contributed by atoms with Gasteiger partial charge in [0.15, 0.2) is 0 Å². The van der Waals surface area contributed by atoms with Gasteiger partial charge in [-0.2, -0.15) is 0 Å². The van der Waals surface area contributed by atoms with Crippen molar-refractivity contribution < 1.29 is 14.6 Å². The molecule has 134 valence electrons. The molecular formula is C20H21N3O3. The molecule has 0 radical (unpaired) electrons. The third kappa shape index (κ3) is 3.89. The average molecular weight is 351 g/mol. The Hall–Kier alpha value is -2.79. The summed E-state index contributed by atoms with van der Waals surface area (Å²) in [6, 6.07) is 15.8. The number of benzene rings is 2. The van der Waals surface area contributed by atoms with Crippen LogP contribution in [0.4, 0.5) is 0 Å². The monoisotopic (exact) mass is 351 g/mol. The predicted molar refractivity (Wildman–Crippen MR) is 99.8 cm³/mol. The van der Waals surface area contributed by atoms with E-state index in [4.69, 9.17) is 15.0 Å². The van der Waals surface area contributed by atoms with Gasteiger partial charge >= 0.3 is 0 Å². The van der Waals surface area contributed by atoms with Crippen LogP contribution in [0.2, 0.25) is 0 Å². The van der Waals surface area contributed by atoms with Gasteiger partial charge in [0.05, 0.1) is 32.5 Å². The van der Waals surface area contributed by atoms with Crippen molar-refractivity contribution in [3.63, 3.8) is 0 Å². The minimum absolute atomic E-state index is 0.0404. The number of azide groups is 1. The zero-order valence-electron chi connectivity index (χ0n) is 14.5. The van der Waals surface area contributed by atoms with Crippen LogP contribution in [0.1, 0.15) is 22.6 Å². The van der Waals surface area contributed by atoms with Crippen molar-refractivity contribution in [3.8, 4) is 5.75 Å². The van der Waals surface area contributed by atoms with Gasteiger partial charge in [0.2, 0.25) is 0 Å². The average Bonchev–Trinajstić information content (AvgIpc) is 2.70. The van der Waals surface area contributed by atoms with Gasteiger partial charge in [0, 0.05) is 16.4 Å². The number of fused-ring (bicyclic) bond motifs is 1. The lowest BCUT2D eigenvalue weighted by molar-refractivity contribution is -0.0582. The summed E-state index contributed by atoms with van der Waals surface area (Å²) in [5.41, 5.74) is 11.6. The highest BCUT2D eigenvalue weighted by Gasteiger charge is 2.35. The van der Waals surface area contributed by atoms with Crippen molar-refractivity contribution in [1.29, 1.82) is 0 Å². The normalized spacial score (nSPS) is 20.2. The number of ether oxygens (including phenoxy) is 2. The molecule has 0 amide bonds. The van der Waals surface area contributed by atoms with Crippen LogP contribution in [0, 0.1) is 0 Å². The molecule has 0 unspecified atom stereocenters. The summed E-state index contributed by atoms with van der Waals surface area (Å²) in [6.45, 7) is 0.335. The van der Waals surface area contributed by atoms with Crippen molar-refractivity contribution in [1.82, 2.24) is 0 Å². The van der Waals surface area contributed by atoms with E-state index in [2.05, 4.69) is 10.0 Å². The number of rotatable bonds is 6. The molecule has 0 aliphatic carbocycles. The van der Waals surface area contributed by atoms with Gasteiger partial charge in [-0.25, -0.2) is 0 Å². The molecule has 0 aromatic heterocycles. The van der Waals surface area contributed by atoms with Gasteiger partial charge in [-0.05, 0) is 22.7 Å². The fourth-order valence-electron chi connectivity index (χ4n) is 3.28. The third-order valence-electron chi connectivity index (χ3n) is 4.50. The van der Waals surface area contributed by atoms with Crippen molar-refractivity contribution in [2.75, 3.05) is 13.7 Å². The van der Waals surface area contributed by atoms with Crippen molar-refractivity contribution >= 4 is 6.08 Å². The Labute approximate surface area is 152 Å². The molecule has 0 bridgehead atoms. The first kappa shape index (κ1) is 18.0. The van der Waals surface area contributed by atoms with E-state index in [0.717, 1.165) is 22.4 Å². The summed E-state index contributed by atoms with van der Waals surface area (Å²) in [4.78, 5) is 2.73. The van der Waals surface area contributed by atoms with E-state index in [1.165, 1.54) is 0 Å². The summed E-state index contributed by atoms with van der Waals surface area (Å²) in [5, 5.41) is 14.0. The molecule has 1 aliphatic heterocycles. The first-order valence-corrected chi connectivity index (χ1v) is 8.44. The second kappa shape index (κ2) is 8.54. The van der Waals surface area contributed by atoms with Crippen LogP contribution >= 0.6 is 0 Å². The van der Waals surface area contributed by atoms with Crippen molar-refractivity contribution in [2.24, 2.45) is 5.11 Å². The minimum Gasteiger partial charge on any atom is -0.496 e. The number of methoxy groups -OCH3 is 1. The van der Waals surface area contributed by atoms with Crippen LogP contribution in [0.25, 0.3) is 16.5 Å². The maximum atomic E-state index is 10.5. The Morgan fingerprint density at radius 1 is 1.31 bits per heavy atom. The quantitative estimate of drug-likeness (QED) is 0.483. The van der Waals surface area contributed by atoms with Gasteiger partial charge in [-0.15, -0.1) is 0 Å². The Morgan fingerprint density at radius 3 is 2.85 bits per heavy atom. The molecule has 6 nitrogen and oxygen atoms in total. The molecule has 6 heteroatoms. The lowest BCUT2D eigenvalue weighted by atomic mass is 9.83. The number of hydrogen-bond acceptors (Lipinski definition) is 4. The summed E-state index contributed by atoms with van der Waals surface area (Å²) in [5.74, 6) is 0.536. The Kier molecular flexibility index (Phi) is 5.92. The van der Waals surface area contributed by atoms with E-state index in [1.807, 2.05) is 60.7 Å². The van der Waals surface area contributed by atoms with E-state index >= 15 is 0 Å². The molecule has 0 saturated heterocycles. The fraction of sp³-hybridized carbons (Fsp3) is 0.300. The zero-order valence-corrected chi connectivity index (χ0v) is 14.5. The molecule has 2 aromatic rings. The van der Waals surface area contributed by atoms with Gasteiger partial charge in [-0.1, -0.05) is 59.7 Å². The van der Waals surface area contributed by atoms with E-state index in [-0.39, 0.29) is 12.5 Å². The Balaban J connectivity index is 2.00. The molecular weight excluding hydrogens is 330 g/mol. The first-order valence-electron chi connectivity index (χ1n) is 8.44. The third-order valence-corrected chi connectivity index (χ3v) is 4.50. The van der Waals surface area contributed by atoms with Gasteiger partial charge in [0.25, 0.3) is 0 Å². The van der Waals surface area contributed by atoms with E-state index in [9.17, 15) is 5.11 Å². The van der Waals surface area contributed by atoms with Gasteiger partial charge in [0.1, 0.15) is 5.75 Å². The van der Waals surface area contributed by atoms with E-state index in [0.29, 0.717) is 6.61 Å². The fourth-order valence-corrected chi connectivity index (χ4v) is 3.28. The molecule has 2 aromatic carbocycles. The van der Waals surface area contributed by atoms with Crippen LogP contribution in [-0.2, 0) is 11.3 Å². The second-order valence-corrected chi connectivity index (χ2v) is 6.09. The largest absolute Gasteiger partial charge is 0.496 e. The minimum atomic E-state index is -0.908. The topological polar surface area (TPSA) is 87.5 Å². The molecule has 0 spiro atoms. The SMILES string of the molecule is COc1cccc2c1[C@H](/C=C/c1ccccc1)[C@@H]([C@H](O)CN=[N+]=[N-])OC2. The van der Waals surface area contributed by atoms with E-state index in [1.54, 1.807) is 7.11 Å². The first-order chi connectivity index (χ1) is 12.7.